The Kier molecular flexibility index (Phi) is 13.7. The van der Waals surface area contributed by atoms with Gasteiger partial charge in [-0.15, -0.1) is 0 Å². The summed E-state index contributed by atoms with van der Waals surface area (Å²) in [6.45, 7) is 2.27. The molecule has 0 aliphatic rings. The van der Waals surface area contributed by atoms with E-state index in [1.165, 1.54) is 89.4 Å². The van der Waals surface area contributed by atoms with Gasteiger partial charge in [0.15, 0.2) is 11.6 Å². The van der Waals surface area contributed by atoms with Gasteiger partial charge in [0, 0.05) is 5.56 Å². The standard InChI is InChI=1S/C28H43FN2O/c1-2-3-4-5-6-7-8-9-10-11-12-13-14-15-26(29)21-18-24-16-19-25(20-17-24)28-30-22-27(32)23-31-28/h16-17,19-20,22-23,26,32H,2-15,18,21H2,1H3/t26-/m1/s1. The Bertz CT molecular complexity index is 702. The average molecular weight is 443 g/mol. The van der Waals surface area contributed by atoms with Crippen LogP contribution in [0.3, 0.4) is 0 Å². The Morgan fingerprint density at radius 2 is 1.22 bits per heavy atom. The van der Waals surface area contributed by atoms with Crippen molar-refractivity contribution in [2.75, 3.05) is 0 Å². The van der Waals surface area contributed by atoms with Crippen molar-refractivity contribution in [2.24, 2.45) is 0 Å². The van der Waals surface area contributed by atoms with Crippen molar-refractivity contribution in [3.63, 3.8) is 0 Å². The minimum Gasteiger partial charge on any atom is -0.505 e. The number of alkyl halides is 1. The number of hydrogen-bond donors (Lipinski definition) is 1. The topological polar surface area (TPSA) is 46.0 Å². The van der Waals surface area contributed by atoms with Gasteiger partial charge < -0.3 is 5.11 Å². The number of unbranched alkanes of at least 4 members (excludes halogenated alkanes) is 12. The molecule has 4 heteroatoms. The summed E-state index contributed by atoms with van der Waals surface area (Å²) in [6.07, 6.45) is 21.3. The van der Waals surface area contributed by atoms with Crippen LogP contribution in [-0.2, 0) is 6.42 Å². The Morgan fingerprint density at radius 1 is 0.719 bits per heavy atom. The molecule has 0 aliphatic heterocycles. The molecule has 1 aromatic heterocycles. The summed E-state index contributed by atoms with van der Waals surface area (Å²) in [4.78, 5) is 8.23. The smallest absolute Gasteiger partial charge is 0.159 e. The van der Waals surface area contributed by atoms with E-state index >= 15 is 0 Å². The second-order valence-electron chi connectivity index (χ2n) is 9.13. The average Bonchev–Trinajstić information content (AvgIpc) is 2.81. The molecule has 178 valence electrons. The van der Waals surface area contributed by atoms with Gasteiger partial charge in [-0.05, 0) is 24.8 Å². The number of aryl methyl sites for hydroxylation is 1. The molecule has 3 nitrogen and oxygen atoms in total. The Balaban J connectivity index is 1.45. The first kappa shape index (κ1) is 26.3. The molecule has 0 amide bonds. The molecule has 1 atom stereocenters. The molecule has 0 radical (unpaired) electrons. The fourth-order valence-corrected chi connectivity index (χ4v) is 4.14. The van der Waals surface area contributed by atoms with Crippen LogP contribution in [0.15, 0.2) is 36.7 Å². The third-order valence-electron chi connectivity index (χ3n) is 6.22. The van der Waals surface area contributed by atoms with Gasteiger partial charge >= 0.3 is 0 Å². The van der Waals surface area contributed by atoms with E-state index in [1.807, 2.05) is 24.3 Å². The number of hydrogen-bond acceptors (Lipinski definition) is 3. The molecule has 0 fully saturated rings. The highest BCUT2D eigenvalue weighted by molar-refractivity contribution is 5.55. The lowest BCUT2D eigenvalue weighted by atomic mass is 10.0. The van der Waals surface area contributed by atoms with Crippen LogP contribution >= 0.6 is 0 Å². The molecule has 2 aromatic rings. The third kappa shape index (κ3) is 11.6. The predicted molar refractivity (Wildman–Crippen MR) is 133 cm³/mol. The lowest BCUT2D eigenvalue weighted by Crippen LogP contribution is -2.02. The molecule has 1 heterocycles. The van der Waals surface area contributed by atoms with Crippen molar-refractivity contribution >= 4 is 0 Å². The zero-order valence-corrected chi connectivity index (χ0v) is 20.1. The molecule has 32 heavy (non-hydrogen) atoms. The van der Waals surface area contributed by atoms with E-state index in [9.17, 15) is 9.50 Å². The van der Waals surface area contributed by atoms with Gasteiger partial charge in [0.05, 0.1) is 12.4 Å². The van der Waals surface area contributed by atoms with Gasteiger partial charge in [-0.2, -0.15) is 0 Å². The molecule has 0 saturated heterocycles. The normalized spacial score (nSPS) is 12.2. The van der Waals surface area contributed by atoms with Crippen LogP contribution in [0.2, 0.25) is 0 Å². The quantitative estimate of drug-likeness (QED) is 0.235. The molecule has 0 spiro atoms. The second kappa shape index (κ2) is 16.6. The second-order valence-corrected chi connectivity index (χ2v) is 9.13. The largest absolute Gasteiger partial charge is 0.505 e. The fraction of sp³-hybridized carbons (Fsp3) is 0.643. The van der Waals surface area contributed by atoms with Crippen LogP contribution in [-0.4, -0.2) is 21.2 Å². The molecule has 0 aliphatic carbocycles. The molecule has 0 unspecified atom stereocenters. The van der Waals surface area contributed by atoms with Crippen LogP contribution in [0, 0.1) is 0 Å². The van der Waals surface area contributed by atoms with Gasteiger partial charge in [0.25, 0.3) is 0 Å². The van der Waals surface area contributed by atoms with E-state index in [2.05, 4.69) is 16.9 Å². The summed E-state index contributed by atoms with van der Waals surface area (Å²) in [5, 5.41) is 9.28. The zero-order valence-electron chi connectivity index (χ0n) is 20.1. The monoisotopic (exact) mass is 442 g/mol. The maximum Gasteiger partial charge on any atom is 0.159 e. The summed E-state index contributed by atoms with van der Waals surface area (Å²) in [5.74, 6) is 0.642. The Labute approximate surface area is 194 Å². The summed E-state index contributed by atoms with van der Waals surface area (Å²) in [5.41, 5.74) is 2.04. The summed E-state index contributed by atoms with van der Waals surface area (Å²) < 4.78 is 14.3. The van der Waals surface area contributed by atoms with Gasteiger partial charge in [-0.1, -0.05) is 115 Å². The molecule has 0 bridgehead atoms. The highest BCUT2D eigenvalue weighted by Crippen LogP contribution is 2.19. The molecule has 1 aromatic carbocycles. The van der Waals surface area contributed by atoms with Crippen molar-refractivity contribution in [1.29, 1.82) is 0 Å². The van der Waals surface area contributed by atoms with Crippen molar-refractivity contribution < 1.29 is 9.50 Å². The van der Waals surface area contributed by atoms with Crippen LogP contribution in [0.25, 0.3) is 11.4 Å². The van der Waals surface area contributed by atoms with Gasteiger partial charge in [-0.3, -0.25) is 0 Å². The first-order chi connectivity index (χ1) is 15.7. The number of nitrogens with zero attached hydrogens (tertiary/aromatic N) is 2. The predicted octanol–water partition coefficient (Wildman–Crippen LogP) is 8.60. The lowest BCUT2D eigenvalue weighted by Gasteiger charge is -2.09. The van der Waals surface area contributed by atoms with E-state index in [1.54, 1.807) is 0 Å². The molecule has 0 saturated carbocycles. The number of benzene rings is 1. The van der Waals surface area contributed by atoms with E-state index in [-0.39, 0.29) is 5.75 Å². The van der Waals surface area contributed by atoms with Gasteiger partial charge in [0.2, 0.25) is 0 Å². The minimum atomic E-state index is -0.706. The van der Waals surface area contributed by atoms with Crippen LogP contribution < -0.4 is 0 Å². The summed E-state index contributed by atoms with van der Waals surface area (Å²) >= 11 is 0. The minimum absolute atomic E-state index is 0.0582. The maximum atomic E-state index is 14.3. The Morgan fingerprint density at radius 3 is 1.75 bits per heavy atom. The van der Waals surface area contributed by atoms with Crippen LogP contribution in [0.4, 0.5) is 4.39 Å². The van der Waals surface area contributed by atoms with Crippen LogP contribution in [0.1, 0.15) is 109 Å². The van der Waals surface area contributed by atoms with Crippen LogP contribution in [0.5, 0.6) is 5.75 Å². The number of aromatic hydroxyl groups is 1. The van der Waals surface area contributed by atoms with E-state index in [0.717, 1.165) is 24.0 Å². The third-order valence-corrected chi connectivity index (χ3v) is 6.22. The maximum absolute atomic E-state index is 14.3. The SMILES string of the molecule is CCCCCCCCCCCCCCC[C@@H](F)CCc1ccc(-c2ncc(O)cn2)cc1. The van der Waals surface area contributed by atoms with Crippen molar-refractivity contribution in [3.8, 4) is 17.1 Å². The fourth-order valence-electron chi connectivity index (χ4n) is 4.14. The molecule has 1 N–H and O–H groups in total. The molecule has 2 rings (SSSR count). The summed E-state index contributed by atoms with van der Waals surface area (Å²) in [6, 6.07) is 7.95. The zero-order chi connectivity index (χ0) is 22.9. The Hall–Kier alpha value is -1.97. The van der Waals surface area contributed by atoms with Crippen molar-refractivity contribution in [2.45, 2.75) is 116 Å². The van der Waals surface area contributed by atoms with Crippen molar-refractivity contribution in [3.05, 3.63) is 42.2 Å². The van der Waals surface area contributed by atoms with E-state index < -0.39 is 6.17 Å². The molecular weight excluding hydrogens is 399 g/mol. The first-order valence-electron chi connectivity index (χ1n) is 12.9. The highest BCUT2D eigenvalue weighted by atomic mass is 19.1. The van der Waals surface area contributed by atoms with Gasteiger partial charge in [0.1, 0.15) is 6.17 Å². The molecular formula is C28H43FN2O. The van der Waals surface area contributed by atoms with E-state index in [0.29, 0.717) is 18.7 Å². The summed E-state index contributed by atoms with van der Waals surface area (Å²) in [7, 11) is 0. The van der Waals surface area contributed by atoms with Gasteiger partial charge in [-0.25, -0.2) is 14.4 Å². The number of halogens is 1. The number of aromatic nitrogens is 2. The van der Waals surface area contributed by atoms with E-state index in [4.69, 9.17) is 0 Å². The number of rotatable bonds is 18. The first-order valence-corrected chi connectivity index (χ1v) is 12.9. The van der Waals surface area contributed by atoms with Crippen molar-refractivity contribution in [1.82, 2.24) is 9.97 Å². The highest BCUT2D eigenvalue weighted by Gasteiger charge is 2.08. The lowest BCUT2D eigenvalue weighted by molar-refractivity contribution is 0.287.